The highest BCUT2D eigenvalue weighted by atomic mass is 35.5. The van der Waals surface area contributed by atoms with E-state index in [0.717, 1.165) is 5.82 Å². The van der Waals surface area contributed by atoms with Crippen LogP contribution in [0.25, 0.3) is 0 Å². The lowest BCUT2D eigenvalue weighted by Crippen LogP contribution is -2.16. The Kier molecular flexibility index (Phi) is 7.61. The number of hydrogen-bond acceptors (Lipinski definition) is 0. The molecule has 2 heteroatoms. The first kappa shape index (κ1) is 13.4. The summed E-state index contributed by atoms with van der Waals surface area (Å²) in [4.78, 5) is 0. The molecule has 0 aromatic rings. The molecule has 15 heavy (non-hydrogen) atoms. The minimum atomic E-state index is 0.479. The van der Waals surface area contributed by atoms with Gasteiger partial charge in [0.05, 0.1) is 0 Å². The van der Waals surface area contributed by atoms with E-state index < -0.39 is 0 Å². The molecule has 1 aliphatic carbocycles. The molecule has 0 saturated heterocycles. The molecule has 1 aliphatic rings. The van der Waals surface area contributed by atoms with Gasteiger partial charge < -0.3 is 0 Å². The fourth-order valence-corrected chi connectivity index (χ4v) is 3.08. The van der Waals surface area contributed by atoms with Gasteiger partial charge in [-0.2, -0.15) is 11.5 Å². The van der Waals surface area contributed by atoms with Crippen LogP contribution in [0.1, 0.15) is 71.1 Å². The summed E-state index contributed by atoms with van der Waals surface area (Å²) in [5, 5.41) is 0. The maximum absolute atomic E-state index is 6.47. The van der Waals surface area contributed by atoms with Crippen LogP contribution in [-0.2, 0) is 0 Å². The van der Waals surface area contributed by atoms with Gasteiger partial charge in [-0.3, -0.25) is 0 Å². The van der Waals surface area contributed by atoms with Gasteiger partial charge in [0.15, 0.2) is 0 Å². The molecule has 0 aromatic carbocycles. The molecule has 1 fully saturated rings. The highest BCUT2D eigenvalue weighted by Crippen LogP contribution is 2.34. The van der Waals surface area contributed by atoms with Crippen LogP contribution in [0.15, 0.2) is 0 Å². The predicted octanol–water partition coefficient (Wildman–Crippen LogP) is 5.52. The van der Waals surface area contributed by atoms with Crippen molar-refractivity contribution in [2.75, 3.05) is 0 Å². The Balaban J connectivity index is 1.99. The smallest absolute Gasteiger partial charge is 0.195 e. The Morgan fingerprint density at radius 1 is 1.00 bits per heavy atom. The lowest BCUT2D eigenvalue weighted by molar-refractivity contribution is 0.497. The van der Waals surface area contributed by atoms with E-state index in [1.807, 2.05) is 0 Å². The number of unbranched alkanes of at least 4 members (excludes halogenated alkanes) is 4. The molecule has 0 unspecified atom stereocenters. The van der Waals surface area contributed by atoms with Crippen molar-refractivity contribution >= 4 is 17.6 Å². The van der Waals surface area contributed by atoms with E-state index in [1.54, 1.807) is 0 Å². The van der Waals surface area contributed by atoms with Crippen LogP contribution in [0.4, 0.5) is 0 Å². The molecule has 0 nitrogen and oxygen atoms in total. The van der Waals surface area contributed by atoms with Crippen molar-refractivity contribution in [2.24, 2.45) is 0 Å². The van der Waals surface area contributed by atoms with Gasteiger partial charge in [0.25, 0.3) is 6.13 Å². The molecule has 0 radical (unpaired) electrons. The number of rotatable bonds is 7. The zero-order valence-corrected chi connectivity index (χ0v) is 11.1. The van der Waals surface area contributed by atoms with Crippen LogP contribution in [0.3, 0.4) is 0 Å². The average molecular weight is 229 g/mol. The lowest BCUT2D eigenvalue weighted by Gasteiger charge is -2.23. The van der Waals surface area contributed by atoms with Crippen LogP contribution in [0.2, 0.25) is 12.1 Å². The Labute approximate surface area is 101 Å². The second-order valence-corrected chi connectivity index (χ2v) is 5.68. The van der Waals surface area contributed by atoms with Crippen LogP contribution in [0, 0.1) is 0 Å². The largest absolute Gasteiger partial charge is 0.253 e. The first-order chi connectivity index (χ1) is 7.34. The van der Waals surface area contributed by atoms with E-state index in [0.29, 0.717) is 6.13 Å². The van der Waals surface area contributed by atoms with Gasteiger partial charge in [-0.05, 0) is 5.82 Å². The van der Waals surface area contributed by atoms with Gasteiger partial charge in [-0.15, -0.1) is 0 Å². The number of halogens is 1. The van der Waals surface area contributed by atoms with E-state index in [4.69, 9.17) is 11.5 Å². The van der Waals surface area contributed by atoms with Crippen LogP contribution in [0.5, 0.6) is 0 Å². The van der Waals surface area contributed by atoms with Crippen LogP contribution >= 0.6 is 11.5 Å². The van der Waals surface area contributed by atoms with Crippen molar-refractivity contribution in [3.05, 3.63) is 0 Å². The quantitative estimate of drug-likeness (QED) is 0.397. The fourth-order valence-electron chi connectivity index (χ4n) is 2.67. The molecule has 0 atom stereocenters. The lowest BCUT2D eigenvalue weighted by atomic mass is 9.55. The molecular formula is C13H26BCl. The second kappa shape index (κ2) is 8.50. The van der Waals surface area contributed by atoms with Gasteiger partial charge in [0.2, 0.25) is 0 Å². The Morgan fingerprint density at radius 2 is 1.67 bits per heavy atom. The molecule has 88 valence electrons. The molecule has 0 amide bonds. The minimum absolute atomic E-state index is 0.479. The summed E-state index contributed by atoms with van der Waals surface area (Å²) in [6, 6.07) is 0. The first-order valence-electron chi connectivity index (χ1n) is 6.98. The molecule has 0 aliphatic heterocycles. The molecule has 1 rings (SSSR count). The zero-order chi connectivity index (χ0) is 10.9. The highest BCUT2D eigenvalue weighted by Gasteiger charge is 2.24. The maximum atomic E-state index is 6.47. The molecule has 0 N–H and O–H groups in total. The zero-order valence-electron chi connectivity index (χ0n) is 10.3. The van der Waals surface area contributed by atoms with Crippen molar-refractivity contribution in [3.63, 3.8) is 0 Å². The summed E-state index contributed by atoms with van der Waals surface area (Å²) in [5.41, 5.74) is 0. The molecule has 0 aromatic heterocycles. The second-order valence-electron chi connectivity index (χ2n) is 5.12. The summed E-state index contributed by atoms with van der Waals surface area (Å²) < 4.78 is 0. The van der Waals surface area contributed by atoms with Crippen molar-refractivity contribution in [1.82, 2.24) is 0 Å². The summed E-state index contributed by atoms with van der Waals surface area (Å²) in [7, 11) is 0. The van der Waals surface area contributed by atoms with Crippen molar-refractivity contribution in [2.45, 2.75) is 83.3 Å². The van der Waals surface area contributed by atoms with Crippen molar-refractivity contribution in [1.29, 1.82) is 0 Å². The van der Waals surface area contributed by atoms with Gasteiger partial charge in [-0.25, -0.2) is 0 Å². The Hall–Kier alpha value is 0.355. The third-order valence-corrected chi connectivity index (χ3v) is 4.32. The average Bonchev–Trinajstić information content (AvgIpc) is 2.30. The van der Waals surface area contributed by atoms with Gasteiger partial charge in [0.1, 0.15) is 0 Å². The summed E-state index contributed by atoms with van der Waals surface area (Å²) >= 11 is 6.47. The molecule has 0 spiro atoms. The topological polar surface area (TPSA) is 0 Å². The van der Waals surface area contributed by atoms with Crippen LogP contribution in [-0.4, -0.2) is 6.13 Å². The predicted molar refractivity (Wildman–Crippen MR) is 72.0 cm³/mol. The van der Waals surface area contributed by atoms with E-state index in [1.165, 1.54) is 70.5 Å². The normalized spacial score (nSPS) is 18.0. The third-order valence-electron chi connectivity index (χ3n) is 3.74. The fraction of sp³-hybridized carbons (Fsp3) is 1.00. The molecule has 0 bridgehead atoms. The van der Waals surface area contributed by atoms with E-state index >= 15 is 0 Å². The summed E-state index contributed by atoms with van der Waals surface area (Å²) in [5.74, 6) is 0.839. The third kappa shape index (κ3) is 5.85. The van der Waals surface area contributed by atoms with Crippen molar-refractivity contribution < 1.29 is 0 Å². The molecule has 1 saturated carbocycles. The minimum Gasteiger partial charge on any atom is -0.195 e. The standard InChI is InChI=1S/C13H26BCl/c1-2-3-4-5-9-12-14(15)13-10-7-6-8-11-13/h13H,2-12H2,1H3. The Bertz CT molecular complexity index is 143. The summed E-state index contributed by atoms with van der Waals surface area (Å²) in [6.07, 6.45) is 15.7. The molecular weight excluding hydrogens is 202 g/mol. The van der Waals surface area contributed by atoms with E-state index in [-0.39, 0.29) is 0 Å². The number of hydrogen-bond donors (Lipinski definition) is 0. The Morgan fingerprint density at radius 3 is 2.33 bits per heavy atom. The van der Waals surface area contributed by atoms with E-state index in [9.17, 15) is 0 Å². The first-order valence-corrected chi connectivity index (χ1v) is 7.42. The van der Waals surface area contributed by atoms with Gasteiger partial charge >= 0.3 is 0 Å². The monoisotopic (exact) mass is 228 g/mol. The van der Waals surface area contributed by atoms with E-state index in [2.05, 4.69) is 6.92 Å². The highest BCUT2D eigenvalue weighted by molar-refractivity contribution is 7.07. The van der Waals surface area contributed by atoms with Crippen LogP contribution < -0.4 is 0 Å². The molecule has 0 heterocycles. The van der Waals surface area contributed by atoms with Gasteiger partial charge in [0, 0.05) is 0 Å². The van der Waals surface area contributed by atoms with Crippen molar-refractivity contribution in [3.8, 4) is 0 Å². The van der Waals surface area contributed by atoms with Gasteiger partial charge in [-0.1, -0.05) is 77.5 Å². The summed E-state index contributed by atoms with van der Waals surface area (Å²) in [6.45, 7) is 2.27. The maximum Gasteiger partial charge on any atom is 0.253 e. The SMILES string of the molecule is CCCCCCCB(Cl)C1CCCCC1.